The molecular weight excluding hydrogens is 162 g/mol. The largest absolute Gasteiger partial charge is 0.393 e. The maximum absolute atomic E-state index is 12.7. The number of alkyl halides is 2. The summed E-state index contributed by atoms with van der Waals surface area (Å²) >= 11 is 0. The molecule has 2 fully saturated rings. The van der Waals surface area contributed by atoms with Gasteiger partial charge in [0.05, 0.1) is 6.10 Å². The number of aliphatic hydroxyl groups excluding tert-OH is 1. The Morgan fingerprint density at radius 1 is 1.00 bits per heavy atom. The highest BCUT2D eigenvalue weighted by atomic mass is 19.3. The fourth-order valence-corrected chi connectivity index (χ4v) is 2.49. The molecule has 12 heavy (non-hydrogen) atoms. The monoisotopic (exact) mass is 176 g/mol. The van der Waals surface area contributed by atoms with Crippen LogP contribution >= 0.6 is 0 Å². The maximum Gasteiger partial charge on any atom is 0.248 e. The van der Waals surface area contributed by atoms with Crippen LogP contribution in [-0.2, 0) is 0 Å². The Hall–Kier alpha value is -0.180. The third-order valence-electron chi connectivity index (χ3n) is 3.38. The Labute approximate surface area is 70.8 Å². The highest BCUT2D eigenvalue weighted by Crippen LogP contribution is 2.54. The molecule has 2 rings (SSSR count). The molecule has 2 aliphatic rings. The molecule has 2 aliphatic carbocycles. The Morgan fingerprint density at radius 2 is 1.50 bits per heavy atom. The molecule has 0 saturated heterocycles. The van der Waals surface area contributed by atoms with Gasteiger partial charge < -0.3 is 5.11 Å². The summed E-state index contributed by atoms with van der Waals surface area (Å²) in [7, 11) is 0. The van der Waals surface area contributed by atoms with Crippen molar-refractivity contribution < 1.29 is 13.9 Å². The van der Waals surface area contributed by atoms with Crippen LogP contribution in [0.3, 0.4) is 0 Å². The van der Waals surface area contributed by atoms with Gasteiger partial charge >= 0.3 is 0 Å². The summed E-state index contributed by atoms with van der Waals surface area (Å²) in [6, 6.07) is 0. The first-order valence-electron chi connectivity index (χ1n) is 4.57. The first kappa shape index (κ1) is 8.42. The van der Waals surface area contributed by atoms with Crippen molar-refractivity contribution in [3.8, 4) is 0 Å². The zero-order valence-electron chi connectivity index (χ0n) is 7.02. The zero-order valence-corrected chi connectivity index (χ0v) is 7.02. The zero-order chi connectivity index (χ0) is 8.82. The lowest BCUT2D eigenvalue weighted by molar-refractivity contribution is -0.121. The van der Waals surface area contributed by atoms with E-state index >= 15 is 0 Å². The summed E-state index contributed by atoms with van der Waals surface area (Å²) in [5.74, 6) is -2.42. The smallest absolute Gasteiger partial charge is 0.248 e. The van der Waals surface area contributed by atoms with Crippen molar-refractivity contribution in [3.63, 3.8) is 0 Å². The molecule has 0 bridgehead atoms. The van der Waals surface area contributed by atoms with E-state index < -0.39 is 5.92 Å². The Balaban J connectivity index is 1.91. The van der Waals surface area contributed by atoms with Crippen LogP contribution in [0.4, 0.5) is 8.78 Å². The van der Waals surface area contributed by atoms with Crippen LogP contribution in [0.1, 0.15) is 38.5 Å². The number of aliphatic hydroxyl groups is 1. The topological polar surface area (TPSA) is 20.2 Å². The molecule has 0 aromatic heterocycles. The number of halogens is 2. The molecule has 2 saturated carbocycles. The summed E-state index contributed by atoms with van der Waals surface area (Å²) in [5, 5.41) is 9.11. The molecule has 0 aromatic carbocycles. The van der Waals surface area contributed by atoms with Gasteiger partial charge in [0.1, 0.15) is 0 Å². The Kier molecular flexibility index (Phi) is 1.69. The molecule has 0 aliphatic heterocycles. The molecule has 1 spiro atoms. The van der Waals surface area contributed by atoms with E-state index in [0.717, 1.165) is 12.8 Å². The quantitative estimate of drug-likeness (QED) is 0.600. The Bertz CT molecular complexity index is 173. The summed E-state index contributed by atoms with van der Waals surface area (Å²) in [6.45, 7) is 0. The predicted molar refractivity (Wildman–Crippen MR) is 41.1 cm³/mol. The fourth-order valence-electron chi connectivity index (χ4n) is 2.49. The minimum atomic E-state index is -2.42. The standard InChI is InChI=1S/C9H14F2O/c10-9(11)3-1-8(2-4-9)5-7(12)6-8/h7,12H,1-6H2. The van der Waals surface area contributed by atoms with Crippen LogP contribution in [0.15, 0.2) is 0 Å². The molecule has 0 atom stereocenters. The van der Waals surface area contributed by atoms with E-state index in [1.54, 1.807) is 0 Å². The van der Waals surface area contributed by atoms with Gasteiger partial charge in [-0.15, -0.1) is 0 Å². The second kappa shape index (κ2) is 2.41. The van der Waals surface area contributed by atoms with Crippen molar-refractivity contribution in [3.05, 3.63) is 0 Å². The molecule has 1 N–H and O–H groups in total. The summed E-state index contributed by atoms with van der Waals surface area (Å²) in [6.07, 6.45) is 2.57. The second-order valence-electron chi connectivity index (χ2n) is 4.42. The molecule has 3 heteroatoms. The van der Waals surface area contributed by atoms with Crippen molar-refractivity contribution >= 4 is 0 Å². The van der Waals surface area contributed by atoms with E-state index in [0.29, 0.717) is 12.8 Å². The van der Waals surface area contributed by atoms with Crippen molar-refractivity contribution in [1.82, 2.24) is 0 Å². The average molecular weight is 176 g/mol. The predicted octanol–water partition coefficient (Wildman–Crippen LogP) is 2.34. The van der Waals surface area contributed by atoms with Crippen LogP contribution in [0.2, 0.25) is 0 Å². The van der Waals surface area contributed by atoms with Gasteiger partial charge in [-0.25, -0.2) is 8.78 Å². The third kappa shape index (κ3) is 1.35. The molecule has 0 amide bonds. The minimum Gasteiger partial charge on any atom is -0.393 e. The highest BCUT2D eigenvalue weighted by Gasteiger charge is 2.49. The summed E-state index contributed by atoms with van der Waals surface area (Å²) in [5.41, 5.74) is 0.0983. The minimum absolute atomic E-state index is 0.0275. The molecule has 0 heterocycles. The van der Waals surface area contributed by atoms with Gasteiger partial charge in [0.2, 0.25) is 5.92 Å². The van der Waals surface area contributed by atoms with Gasteiger partial charge in [-0.05, 0) is 31.1 Å². The number of hydrogen-bond donors (Lipinski definition) is 1. The highest BCUT2D eigenvalue weighted by molar-refractivity contribution is 4.98. The maximum atomic E-state index is 12.7. The first-order valence-corrected chi connectivity index (χ1v) is 4.57. The molecule has 0 radical (unpaired) electrons. The van der Waals surface area contributed by atoms with Gasteiger partial charge in [0, 0.05) is 12.8 Å². The normalized spacial score (nSPS) is 33.2. The van der Waals surface area contributed by atoms with Gasteiger partial charge in [0.15, 0.2) is 0 Å². The van der Waals surface area contributed by atoms with Gasteiger partial charge in [-0.2, -0.15) is 0 Å². The molecular formula is C9H14F2O. The van der Waals surface area contributed by atoms with Crippen LogP contribution in [0.5, 0.6) is 0 Å². The Morgan fingerprint density at radius 3 is 1.92 bits per heavy atom. The van der Waals surface area contributed by atoms with Crippen LogP contribution in [0.25, 0.3) is 0 Å². The van der Waals surface area contributed by atoms with Gasteiger partial charge in [-0.1, -0.05) is 0 Å². The van der Waals surface area contributed by atoms with E-state index in [1.165, 1.54) is 0 Å². The van der Waals surface area contributed by atoms with Crippen molar-refractivity contribution in [1.29, 1.82) is 0 Å². The lowest BCUT2D eigenvalue weighted by Gasteiger charge is -2.49. The summed E-state index contributed by atoms with van der Waals surface area (Å²) < 4.78 is 25.5. The third-order valence-corrected chi connectivity index (χ3v) is 3.38. The van der Waals surface area contributed by atoms with E-state index in [9.17, 15) is 8.78 Å². The van der Waals surface area contributed by atoms with Crippen LogP contribution in [-0.4, -0.2) is 17.1 Å². The first-order chi connectivity index (χ1) is 5.52. The van der Waals surface area contributed by atoms with Crippen molar-refractivity contribution in [2.75, 3.05) is 0 Å². The second-order valence-corrected chi connectivity index (χ2v) is 4.42. The van der Waals surface area contributed by atoms with Gasteiger partial charge in [0.25, 0.3) is 0 Å². The van der Waals surface area contributed by atoms with Gasteiger partial charge in [-0.3, -0.25) is 0 Å². The number of rotatable bonds is 0. The molecule has 0 unspecified atom stereocenters. The van der Waals surface area contributed by atoms with E-state index in [-0.39, 0.29) is 24.4 Å². The number of hydrogen-bond acceptors (Lipinski definition) is 1. The fraction of sp³-hybridized carbons (Fsp3) is 1.00. The van der Waals surface area contributed by atoms with E-state index in [2.05, 4.69) is 0 Å². The molecule has 70 valence electrons. The van der Waals surface area contributed by atoms with E-state index in [1.807, 2.05) is 0 Å². The van der Waals surface area contributed by atoms with E-state index in [4.69, 9.17) is 5.11 Å². The summed E-state index contributed by atoms with van der Waals surface area (Å²) in [4.78, 5) is 0. The average Bonchev–Trinajstić information content (AvgIpc) is 1.92. The lowest BCUT2D eigenvalue weighted by atomic mass is 9.59. The molecule has 0 aromatic rings. The van der Waals surface area contributed by atoms with Crippen LogP contribution < -0.4 is 0 Å². The van der Waals surface area contributed by atoms with Crippen molar-refractivity contribution in [2.45, 2.75) is 50.6 Å². The van der Waals surface area contributed by atoms with Crippen molar-refractivity contribution in [2.24, 2.45) is 5.41 Å². The molecule has 1 nitrogen and oxygen atoms in total. The van der Waals surface area contributed by atoms with Crippen LogP contribution in [0, 0.1) is 5.41 Å². The lowest BCUT2D eigenvalue weighted by Crippen LogP contribution is -2.45. The SMILES string of the molecule is OC1CC2(CCC(F)(F)CC2)C1.